The Balaban J connectivity index is 1.80. The fourth-order valence-corrected chi connectivity index (χ4v) is 2.81. The third-order valence-electron chi connectivity index (χ3n) is 3.08. The summed E-state index contributed by atoms with van der Waals surface area (Å²) in [4.78, 5) is 12.9. The molecule has 2 unspecified atom stereocenters. The van der Waals surface area contributed by atoms with E-state index in [1.807, 2.05) is 54.8 Å². The van der Waals surface area contributed by atoms with Crippen molar-refractivity contribution in [3.8, 4) is 0 Å². The van der Waals surface area contributed by atoms with Gasteiger partial charge in [-0.3, -0.25) is 4.79 Å². The first-order valence-corrected chi connectivity index (χ1v) is 7.58. The van der Waals surface area contributed by atoms with Crippen LogP contribution in [0.25, 0.3) is 0 Å². The molecule has 1 amide bonds. The second-order valence-corrected chi connectivity index (χ2v) is 5.92. The van der Waals surface area contributed by atoms with Crippen LogP contribution in [0, 0.1) is 0 Å². The van der Waals surface area contributed by atoms with Crippen LogP contribution >= 0.6 is 11.3 Å². The van der Waals surface area contributed by atoms with Crippen LogP contribution in [0.1, 0.15) is 29.9 Å². The summed E-state index contributed by atoms with van der Waals surface area (Å²) in [5, 5.41) is 15.0. The number of aliphatic hydroxyl groups is 1. The maximum Gasteiger partial charge on any atom is 0.225 e. The van der Waals surface area contributed by atoms with Crippen molar-refractivity contribution in [3.63, 3.8) is 0 Å². The lowest BCUT2D eigenvalue weighted by Gasteiger charge is -2.18. The number of hydrogen-bond acceptors (Lipinski definition) is 3. The van der Waals surface area contributed by atoms with Crippen molar-refractivity contribution in [2.75, 3.05) is 0 Å². The Morgan fingerprint density at radius 1 is 1.25 bits per heavy atom. The minimum absolute atomic E-state index is 0.000196. The Morgan fingerprint density at radius 3 is 2.65 bits per heavy atom. The van der Waals surface area contributed by atoms with Crippen LogP contribution in [0.4, 0.5) is 0 Å². The van der Waals surface area contributed by atoms with E-state index in [9.17, 15) is 9.90 Å². The molecular weight excluding hydrogens is 270 g/mol. The Labute approximate surface area is 123 Å². The first-order chi connectivity index (χ1) is 9.65. The molecule has 2 rings (SSSR count). The van der Waals surface area contributed by atoms with E-state index >= 15 is 0 Å². The van der Waals surface area contributed by atoms with E-state index < -0.39 is 6.10 Å². The van der Waals surface area contributed by atoms with Crippen molar-refractivity contribution in [3.05, 3.63) is 58.3 Å². The van der Waals surface area contributed by atoms with Gasteiger partial charge in [-0.25, -0.2) is 0 Å². The predicted octanol–water partition coefficient (Wildman–Crippen LogP) is 2.92. The molecule has 1 aromatic heterocycles. The summed E-state index contributed by atoms with van der Waals surface area (Å²) in [5.74, 6) is 0.000196. The van der Waals surface area contributed by atoms with E-state index in [2.05, 4.69) is 5.32 Å². The molecular formula is C16H19NO2S. The molecule has 4 heteroatoms. The van der Waals surface area contributed by atoms with Gasteiger partial charge in [-0.05, 0) is 30.4 Å². The van der Waals surface area contributed by atoms with E-state index in [0.29, 0.717) is 12.8 Å². The summed E-state index contributed by atoms with van der Waals surface area (Å²) in [6, 6.07) is 13.3. The zero-order valence-corrected chi connectivity index (χ0v) is 12.3. The molecule has 0 aliphatic carbocycles. The topological polar surface area (TPSA) is 49.3 Å². The monoisotopic (exact) mass is 289 g/mol. The molecule has 0 fully saturated rings. The molecule has 0 aliphatic heterocycles. The van der Waals surface area contributed by atoms with Gasteiger partial charge in [0.25, 0.3) is 0 Å². The molecule has 0 saturated heterocycles. The summed E-state index contributed by atoms with van der Waals surface area (Å²) in [6.45, 7) is 1.92. The van der Waals surface area contributed by atoms with Gasteiger partial charge < -0.3 is 10.4 Å². The van der Waals surface area contributed by atoms with Gasteiger partial charge in [0.15, 0.2) is 0 Å². The lowest BCUT2D eigenvalue weighted by molar-refractivity contribution is -0.121. The first kappa shape index (κ1) is 14.8. The molecule has 20 heavy (non-hydrogen) atoms. The van der Waals surface area contributed by atoms with E-state index in [0.717, 1.165) is 10.4 Å². The number of rotatable bonds is 6. The van der Waals surface area contributed by atoms with E-state index in [1.54, 1.807) is 11.3 Å². The Morgan fingerprint density at radius 2 is 2.00 bits per heavy atom. The lowest BCUT2D eigenvalue weighted by Crippen LogP contribution is -2.34. The number of thiophene rings is 1. The maximum atomic E-state index is 11.9. The van der Waals surface area contributed by atoms with Gasteiger partial charge in [-0.1, -0.05) is 36.4 Å². The number of hydrogen-bond donors (Lipinski definition) is 2. The van der Waals surface area contributed by atoms with Crippen molar-refractivity contribution in [2.45, 2.75) is 31.9 Å². The van der Waals surface area contributed by atoms with Crippen LogP contribution in [-0.2, 0) is 11.2 Å². The SMILES string of the molecule is CC(CC(O)c1ccccc1)NC(=O)Cc1cccs1. The standard InChI is InChI=1S/C16H19NO2S/c1-12(10-15(18)13-6-3-2-4-7-13)17-16(19)11-14-8-5-9-20-14/h2-9,12,15,18H,10-11H2,1H3,(H,17,19). The second-order valence-electron chi connectivity index (χ2n) is 4.89. The average molecular weight is 289 g/mol. The Hall–Kier alpha value is -1.65. The Kier molecular flexibility index (Phi) is 5.32. The number of benzene rings is 1. The van der Waals surface area contributed by atoms with Crippen molar-refractivity contribution < 1.29 is 9.90 Å². The third-order valence-corrected chi connectivity index (χ3v) is 3.96. The summed E-state index contributed by atoms with van der Waals surface area (Å²) in [5.41, 5.74) is 0.881. The molecule has 2 atom stereocenters. The summed E-state index contributed by atoms with van der Waals surface area (Å²) < 4.78 is 0. The maximum absolute atomic E-state index is 11.9. The minimum atomic E-state index is -0.548. The zero-order valence-electron chi connectivity index (χ0n) is 11.5. The number of carbonyl (C=O) groups is 1. The van der Waals surface area contributed by atoms with Gasteiger partial charge in [0.05, 0.1) is 12.5 Å². The van der Waals surface area contributed by atoms with Crippen LogP contribution in [0.15, 0.2) is 47.8 Å². The zero-order chi connectivity index (χ0) is 14.4. The predicted molar refractivity (Wildman–Crippen MR) is 81.6 cm³/mol. The van der Waals surface area contributed by atoms with Gasteiger partial charge in [0, 0.05) is 10.9 Å². The van der Waals surface area contributed by atoms with Crippen LogP contribution in [0.2, 0.25) is 0 Å². The first-order valence-electron chi connectivity index (χ1n) is 6.70. The fraction of sp³-hybridized carbons (Fsp3) is 0.312. The Bertz CT molecular complexity index is 525. The number of nitrogens with one attached hydrogen (secondary N) is 1. The van der Waals surface area contributed by atoms with Crippen molar-refractivity contribution in [1.29, 1.82) is 0 Å². The van der Waals surface area contributed by atoms with Gasteiger partial charge in [0.2, 0.25) is 5.91 Å². The van der Waals surface area contributed by atoms with Crippen LogP contribution in [0.5, 0.6) is 0 Å². The van der Waals surface area contributed by atoms with Crippen LogP contribution < -0.4 is 5.32 Å². The summed E-state index contributed by atoms with van der Waals surface area (Å²) >= 11 is 1.58. The molecule has 1 aromatic carbocycles. The van der Waals surface area contributed by atoms with Crippen molar-refractivity contribution >= 4 is 17.2 Å². The largest absolute Gasteiger partial charge is 0.388 e. The summed E-state index contributed by atoms with van der Waals surface area (Å²) in [7, 11) is 0. The van der Waals surface area contributed by atoms with Crippen molar-refractivity contribution in [2.24, 2.45) is 0 Å². The minimum Gasteiger partial charge on any atom is -0.388 e. The number of amides is 1. The van der Waals surface area contributed by atoms with Crippen LogP contribution in [0.3, 0.4) is 0 Å². The quantitative estimate of drug-likeness (QED) is 0.859. The van der Waals surface area contributed by atoms with Gasteiger partial charge in [-0.2, -0.15) is 0 Å². The molecule has 3 nitrogen and oxygen atoms in total. The highest BCUT2D eigenvalue weighted by atomic mass is 32.1. The van der Waals surface area contributed by atoms with Gasteiger partial charge in [-0.15, -0.1) is 11.3 Å². The normalized spacial score (nSPS) is 13.7. The van der Waals surface area contributed by atoms with Gasteiger partial charge in [0.1, 0.15) is 0 Å². The highest BCUT2D eigenvalue weighted by Crippen LogP contribution is 2.17. The molecule has 2 aromatic rings. The number of carbonyl (C=O) groups excluding carboxylic acids is 1. The second kappa shape index (κ2) is 7.22. The smallest absolute Gasteiger partial charge is 0.225 e. The number of aliphatic hydroxyl groups excluding tert-OH is 1. The van der Waals surface area contributed by atoms with Crippen molar-refractivity contribution in [1.82, 2.24) is 5.32 Å². The molecule has 0 spiro atoms. The molecule has 0 bridgehead atoms. The average Bonchev–Trinajstić information content (AvgIpc) is 2.92. The van der Waals surface area contributed by atoms with E-state index in [4.69, 9.17) is 0 Å². The highest BCUT2D eigenvalue weighted by molar-refractivity contribution is 7.10. The van der Waals surface area contributed by atoms with E-state index in [-0.39, 0.29) is 11.9 Å². The molecule has 0 radical (unpaired) electrons. The summed E-state index contributed by atoms with van der Waals surface area (Å²) in [6.07, 6.45) is 0.372. The van der Waals surface area contributed by atoms with Crippen LogP contribution in [-0.4, -0.2) is 17.1 Å². The molecule has 0 saturated carbocycles. The third kappa shape index (κ3) is 4.47. The molecule has 106 valence electrons. The fourth-order valence-electron chi connectivity index (χ4n) is 2.10. The molecule has 2 N–H and O–H groups in total. The van der Waals surface area contributed by atoms with E-state index in [1.165, 1.54) is 0 Å². The van der Waals surface area contributed by atoms with Gasteiger partial charge >= 0.3 is 0 Å². The lowest BCUT2D eigenvalue weighted by atomic mass is 10.0. The highest BCUT2D eigenvalue weighted by Gasteiger charge is 2.14. The molecule has 1 heterocycles. The molecule has 0 aliphatic rings.